The lowest BCUT2D eigenvalue weighted by atomic mass is 10.0. The third-order valence-electron chi connectivity index (χ3n) is 4.35. The molecular formula is C19H24N2O. The van der Waals surface area contributed by atoms with Crippen LogP contribution < -0.4 is 10.2 Å². The Hall–Kier alpha value is -2.00. The number of para-hydroxylation sites is 1. The van der Waals surface area contributed by atoms with Crippen LogP contribution in [-0.4, -0.2) is 25.2 Å². The van der Waals surface area contributed by atoms with Crippen molar-refractivity contribution in [2.24, 2.45) is 5.92 Å². The first kappa shape index (κ1) is 14.9. The van der Waals surface area contributed by atoms with E-state index in [2.05, 4.69) is 47.5 Å². The van der Waals surface area contributed by atoms with Crippen molar-refractivity contribution in [1.82, 2.24) is 5.32 Å². The van der Waals surface area contributed by atoms with E-state index in [1.54, 1.807) is 6.07 Å². The number of aryl methyl sites for hydroxylation is 2. The van der Waals surface area contributed by atoms with Crippen molar-refractivity contribution in [3.05, 3.63) is 53.6 Å². The third kappa shape index (κ3) is 2.95. The van der Waals surface area contributed by atoms with Gasteiger partial charge in [0.1, 0.15) is 5.75 Å². The highest BCUT2D eigenvalue weighted by Crippen LogP contribution is 2.37. The van der Waals surface area contributed by atoms with E-state index in [1.165, 1.54) is 22.5 Å². The Bertz CT molecular complexity index is 654. The van der Waals surface area contributed by atoms with Crippen molar-refractivity contribution in [3.8, 4) is 5.75 Å². The number of hydrogen-bond acceptors (Lipinski definition) is 3. The molecule has 1 atom stereocenters. The minimum Gasteiger partial charge on any atom is -0.508 e. The Morgan fingerprint density at radius 2 is 1.82 bits per heavy atom. The minimum absolute atomic E-state index is 0.355. The first-order valence-corrected chi connectivity index (χ1v) is 8.01. The Labute approximate surface area is 132 Å². The molecule has 0 saturated carbocycles. The van der Waals surface area contributed by atoms with Crippen molar-refractivity contribution in [2.45, 2.75) is 19.8 Å². The molecule has 0 aromatic heterocycles. The highest BCUT2D eigenvalue weighted by atomic mass is 16.3. The molecule has 1 heterocycles. The molecule has 2 N–H and O–H groups in total. The predicted molar refractivity (Wildman–Crippen MR) is 92.1 cm³/mol. The molecule has 0 spiro atoms. The lowest BCUT2D eigenvalue weighted by molar-refractivity contribution is 0.474. The maximum atomic E-state index is 9.82. The summed E-state index contributed by atoms with van der Waals surface area (Å²) in [6.07, 6.45) is 1.99. The fraction of sp³-hybridized carbons (Fsp3) is 0.368. The number of nitrogens with one attached hydrogen (secondary N) is 1. The van der Waals surface area contributed by atoms with Gasteiger partial charge in [0.25, 0.3) is 0 Å². The van der Waals surface area contributed by atoms with Crippen LogP contribution >= 0.6 is 0 Å². The van der Waals surface area contributed by atoms with Gasteiger partial charge >= 0.3 is 0 Å². The zero-order chi connectivity index (χ0) is 15.5. The van der Waals surface area contributed by atoms with E-state index in [0.29, 0.717) is 11.7 Å². The van der Waals surface area contributed by atoms with Gasteiger partial charge in [-0.25, -0.2) is 0 Å². The summed E-state index contributed by atoms with van der Waals surface area (Å²) >= 11 is 0. The van der Waals surface area contributed by atoms with Gasteiger partial charge in [-0.2, -0.15) is 0 Å². The monoisotopic (exact) mass is 296 g/mol. The van der Waals surface area contributed by atoms with Gasteiger partial charge in [0.2, 0.25) is 0 Å². The van der Waals surface area contributed by atoms with E-state index < -0.39 is 0 Å². The average Bonchev–Trinajstić information content (AvgIpc) is 2.65. The SMILES string of the molecule is CNC[C@H](C)CN1c2ccccc2CCc2cc(O)ccc21. The van der Waals surface area contributed by atoms with Gasteiger partial charge in [-0.05, 0) is 67.7 Å². The standard InChI is InChI=1S/C19H24N2O/c1-14(12-20-2)13-21-18-6-4-3-5-15(18)7-8-16-11-17(22)9-10-19(16)21/h3-6,9-11,14,20,22H,7-8,12-13H2,1-2H3/t14-/m0/s1. The van der Waals surface area contributed by atoms with Crippen LogP contribution in [0.3, 0.4) is 0 Å². The molecule has 0 amide bonds. The van der Waals surface area contributed by atoms with Gasteiger partial charge < -0.3 is 15.3 Å². The first-order valence-electron chi connectivity index (χ1n) is 8.01. The maximum Gasteiger partial charge on any atom is 0.116 e. The lowest BCUT2D eigenvalue weighted by Gasteiger charge is -2.29. The summed E-state index contributed by atoms with van der Waals surface area (Å²) in [7, 11) is 2.00. The lowest BCUT2D eigenvalue weighted by Crippen LogP contribution is -2.29. The van der Waals surface area contributed by atoms with Crippen molar-refractivity contribution in [2.75, 3.05) is 25.0 Å². The van der Waals surface area contributed by atoms with E-state index in [0.717, 1.165) is 25.9 Å². The van der Waals surface area contributed by atoms with Gasteiger partial charge in [0, 0.05) is 17.9 Å². The topological polar surface area (TPSA) is 35.5 Å². The number of nitrogens with zero attached hydrogens (tertiary/aromatic N) is 1. The van der Waals surface area contributed by atoms with E-state index in [4.69, 9.17) is 0 Å². The summed E-state index contributed by atoms with van der Waals surface area (Å²) in [4.78, 5) is 2.42. The zero-order valence-corrected chi connectivity index (χ0v) is 13.3. The highest BCUT2D eigenvalue weighted by molar-refractivity contribution is 5.71. The van der Waals surface area contributed by atoms with E-state index in [-0.39, 0.29) is 0 Å². The average molecular weight is 296 g/mol. The van der Waals surface area contributed by atoms with Gasteiger partial charge in [-0.15, -0.1) is 0 Å². The molecule has 0 unspecified atom stereocenters. The molecule has 0 saturated heterocycles. The molecule has 2 aromatic rings. The molecule has 0 bridgehead atoms. The van der Waals surface area contributed by atoms with Gasteiger partial charge in [0.05, 0.1) is 0 Å². The molecule has 2 aromatic carbocycles. The van der Waals surface area contributed by atoms with Crippen LogP contribution in [0.15, 0.2) is 42.5 Å². The highest BCUT2D eigenvalue weighted by Gasteiger charge is 2.22. The quantitative estimate of drug-likeness (QED) is 0.906. The minimum atomic E-state index is 0.355. The number of phenolic OH excluding ortho intramolecular Hbond substituents is 1. The number of aromatic hydroxyl groups is 1. The molecule has 0 aliphatic carbocycles. The summed E-state index contributed by atoms with van der Waals surface area (Å²) in [6, 6.07) is 14.4. The fourth-order valence-electron chi connectivity index (χ4n) is 3.34. The first-order chi connectivity index (χ1) is 10.7. The van der Waals surface area contributed by atoms with Crippen LogP contribution in [-0.2, 0) is 12.8 Å². The molecule has 3 nitrogen and oxygen atoms in total. The molecule has 0 radical (unpaired) electrons. The number of anilines is 2. The van der Waals surface area contributed by atoms with Gasteiger partial charge in [-0.3, -0.25) is 0 Å². The normalized spacial score (nSPS) is 14.9. The van der Waals surface area contributed by atoms with Crippen molar-refractivity contribution in [1.29, 1.82) is 0 Å². The number of hydrogen-bond donors (Lipinski definition) is 2. The second-order valence-corrected chi connectivity index (χ2v) is 6.22. The summed E-state index contributed by atoms with van der Waals surface area (Å²) in [5.41, 5.74) is 5.14. The Balaban J connectivity index is 2.04. The number of rotatable bonds is 4. The van der Waals surface area contributed by atoms with Crippen molar-refractivity contribution < 1.29 is 5.11 Å². The van der Waals surface area contributed by atoms with Crippen molar-refractivity contribution in [3.63, 3.8) is 0 Å². The second-order valence-electron chi connectivity index (χ2n) is 6.22. The van der Waals surface area contributed by atoms with Crippen LogP contribution in [0.5, 0.6) is 5.75 Å². The number of phenols is 1. The van der Waals surface area contributed by atoms with Crippen LogP contribution in [0.25, 0.3) is 0 Å². The second kappa shape index (κ2) is 6.41. The van der Waals surface area contributed by atoms with E-state index in [9.17, 15) is 5.11 Å². The van der Waals surface area contributed by atoms with E-state index >= 15 is 0 Å². The molecule has 1 aliphatic heterocycles. The Morgan fingerprint density at radius 1 is 1.09 bits per heavy atom. The van der Waals surface area contributed by atoms with Crippen LogP contribution in [0.4, 0.5) is 11.4 Å². The molecular weight excluding hydrogens is 272 g/mol. The third-order valence-corrected chi connectivity index (χ3v) is 4.35. The van der Waals surface area contributed by atoms with Crippen LogP contribution in [0, 0.1) is 5.92 Å². The Kier molecular flexibility index (Phi) is 4.34. The number of fused-ring (bicyclic) bond motifs is 2. The molecule has 3 rings (SSSR count). The summed E-state index contributed by atoms with van der Waals surface area (Å²) in [5, 5.41) is 13.1. The Morgan fingerprint density at radius 3 is 2.64 bits per heavy atom. The van der Waals surface area contributed by atoms with Gasteiger partial charge in [0.15, 0.2) is 0 Å². The predicted octanol–water partition coefficient (Wildman–Crippen LogP) is 3.48. The molecule has 22 heavy (non-hydrogen) atoms. The fourth-order valence-corrected chi connectivity index (χ4v) is 3.34. The summed E-state index contributed by atoms with van der Waals surface area (Å²) in [6.45, 7) is 4.23. The molecule has 1 aliphatic rings. The molecule has 0 fully saturated rings. The molecule has 3 heteroatoms. The maximum absolute atomic E-state index is 9.82. The summed E-state index contributed by atoms with van der Waals surface area (Å²) in [5.74, 6) is 0.894. The van der Waals surface area contributed by atoms with Crippen LogP contribution in [0.1, 0.15) is 18.1 Å². The van der Waals surface area contributed by atoms with Gasteiger partial charge in [-0.1, -0.05) is 25.1 Å². The van der Waals surface area contributed by atoms with Crippen molar-refractivity contribution >= 4 is 11.4 Å². The summed E-state index contributed by atoms with van der Waals surface area (Å²) < 4.78 is 0. The number of benzene rings is 2. The van der Waals surface area contributed by atoms with E-state index in [1.807, 2.05) is 13.1 Å². The van der Waals surface area contributed by atoms with Crippen LogP contribution in [0.2, 0.25) is 0 Å². The zero-order valence-electron chi connectivity index (χ0n) is 13.3. The molecule has 116 valence electrons. The largest absolute Gasteiger partial charge is 0.508 e. The smallest absolute Gasteiger partial charge is 0.116 e.